The average Bonchev–Trinajstić information content (AvgIpc) is 3.00. The van der Waals surface area contributed by atoms with Crippen LogP contribution in [-0.4, -0.2) is 39.1 Å². The van der Waals surface area contributed by atoms with Gasteiger partial charge in [-0.25, -0.2) is 13.1 Å². The van der Waals surface area contributed by atoms with Gasteiger partial charge in [0.1, 0.15) is 10.6 Å². The van der Waals surface area contributed by atoms with Crippen molar-refractivity contribution >= 4 is 27.3 Å². The third kappa shape index (κ3) is 4.67. The van der Waals surface area contributed by atoms with Crippen LogP contribution in [0, 0.1) is 13.8 Å². The zero-order valence-electron chi connectivity index (χ0n) is 15.5. The van der Waals surface area contributed by atoms with Crippen molar-refractivity contribution in [1.29, 1.82) is 0 Å². The summed E-state index contributed by atoms with van der Waals surface area (Å²) in [4.78, 5) is 14.5. The molecule has 8 nitrogen and oxygen atoms in total. The van der Waals surface area contributed by atoms with Crippen molar-refractivity contribution in [2.24, 2.45) is 0 Å². The molecule has 1 aromatic heterocycles. The summed E-state index contributed by atoms with van der Waals surface area (Å²) in [7, 11) is -3.87. The Balaban J connectivity index is 1.61. The van der Waals surface area contributed by atoms with Crippen LogP contribution in [0.25, 0.3) is 0 Å². The van der Waals surface area contributed by atoms with E-state index in [1.54, 1.807) is 6.07 Å². The summed E-state index contributed by atoms with van der Waals surface area (Å²) in [6, 6.07) is 7.59. The van der Waals surface area contributed by atoms with Crippen LogP contribution in [0.1, 0.15) is 30.7 Å². The Labute approximate surface area is 159 Å². The third-order valence-electron chi connectivity index (χ3n) is 4.51. The third-order valence-corrected chi connectivity index (χ3v) is 6.16. The molecule has 0 radical (unpaired) electrons. The fraction of sp³-hybridized carbons (Fsp3) is 0.444. The van der Waals surface area contributed by atoms with Gasteiger partial charge in [-0.05, 0) is 51.3 Å². The van der Waals surface area contributed by atoms with Crippen molar-refractivity contribution in [2.45, 2.75) is 38.0 Å². The van der Waals surface area contributed by atoms with E-state index in [4.69, 9.17) is 4.52 Å². The maximum atomic E-state index is 12.4. The lowest BCUT2D eigenvalue weighted by Gasteiger charge is -2.29. The van der Waals surface area contributed by atoms with E-state index in [2.05, 4.69) is 20.1 Å². The number of carbonyl (C=O) groups excluding carboxylic acids is 1. The Hall–Kier alpha value is -2.39. The van der Waals surface area contributed by atoms with Crippen molar-refractivity contribution < 1.29 is 17.7 Å². The number of benzene rings is 1. The minimum absolute atomic E-state index is 0.0256. The van der Waals surface area contributed by atoms with Crippen LogP contribution in [0.2, 0.25) is 0 Å². The molecule has 2 N–H and O–H groups in total. The molecule has 2 heterocycles. The lowest BCUT2D eigenvalue weighted by Crippen LogP contribution is -2.33. The monoisotopic (exact) mass is 392 g/mol. The molecule has 1 aliphatic heterocycles. The van der Waals surface area contributed by atoms with Crippen molar-refractivity contribution in [1.82, 2.24) is 9.88 Å². The maximum absolute atomic E-state index is 12.4. The Bertz CT molecular complexity index is 898. The Morgan fingerprint density at radius 3 is 2.63 bits per heavy atom. The summed E-state index contributed by atoms with van der Waals surface area (Å²) >= 11 is 0. The van der Waals surface area contributed by atoms with Gasteiger partial charge in [0.05, 0.1) is 6.54 Å². The van der Waals surface area contributed by atoms with E-state index < -0.39 is 15.9 Å². The van der Waals surface area contributed by atoms with Gasteiger partial charge in [0.2, 0.25) is 15.9 Å². The number of anilines is 2. The number of aryl methyl sites for hydroxylation is 2. The van der Waals surface area contributed by atoms with E-state index in [-0.39, 0.29) is 22.9 Å². The van der Waals surface area contributed by atoms with E-state index >= 15 is 0 Å². The number of nitrogens with zero attached hydrogens (tertiary/aromatic N) is 2. The number of piperidine rings is 1. The molecule has 0 bridgehead atoms. The number of hydrogen-bond donors (Lipinski definition) is 2. The number of rotatable bonds is 6. The smallest absolute Gasteiger partial charge is 0.246 e. The van der Waals surface area contributed by atoms with E-state index in [9.17, 15) is 13.2 Å². The predicted octanol–water partition coefficient (Wildman–Crippen LogP) is 2.20. The summed E-state index contributed by atoms with van der Waals surface area (Å²) < 4.78 is 31.9. The van der Waals surface area contributed by atoms with Crippen LogP contribution in [0.4, 0.5) is 11.4 Å². The highest BCUT2D eigenvalue weighted by atomic mass is 32.2. The fourth-order valence-corrected chi connectivity index (χ4v) is 4.54. The molecule has 27 heavy (non-hydrogen) atoms. The van der Waals surface area contributed by atoms with Crippen LogP contribution in [0.15, 0.2) is 33.7 Å². The average molecular weight is 392 g/mol. The van der Waals surface area contributed by atoms with Crippen molar-refractivity contribution in [2.75, 3.05) is 29.9 Å². The van der Waals surface area contributed by atoms with Crippen LogP contribution >= 0.6 is 0 Å². The van der Waals surface area contributed by atoms with Crippen LogP contribution < -0.4 is 14.9 Å². The summed E-state index contributed by atoms with van der Waals surface area (Å²) in [5, 5.41) is 6.37. The second kappa shape index (κ2) is 8.10. The topological polar surface area (TPSA) is 105 Å². The predicted molar refractivity (Wildman–Crippen MR) is 102 cm³/mol. The van der Waals surface area contributed by atoms with Crippen LogP contribution in [0.3, 0.4) is 0 Å². The molecule has 0 spiro atoms. The Morgan fingerprint density at radius 1 is 1.22 bits per heavy atom. The minimum atomic E-state index is -3.87. The molecule has 0 saturated carbocycles. The lowest BCUT2D eigenvalue weighted by atomic mass is 10.1. The molecule has 0 unspecified atom stereocenters. The summed E-state index contributed by atoms with van der Waals surface area (Å²) in [5.74, 6) is -0.254. The molecule has 1 amide bonds. The highest BCUT2D eigenvalue weighted by molar-refractivity contribution is 7.89. The SMILES string of the molecule is Cc1noc(C)c1S(=O)(=O)NCC(=O)Nc1cccc(N2CCCCC2)c1. The molecular formula is C18H24N4O4S. The van der Waals surface area contributed by atoms with Gasteiger partial charge in [0.25, 0.3) is 0 Å². The lowest BCUT2D eigenvalue weighted by molar-refractivity contribution is -0.115. The Morgan fingerprint density at radius 2 is 1.96 bits per heavy atom. The zero-order chi connectivity index (χ0) is 19.4. The van der Waals surface area contributed by atoms with Crippen molar-refractivity contribution in [3.63, 3.8) is 0 Å². The summed E-state index contributed by atoms with van der Waals surface area (Å²) in [5.41, 5.74) is 1.96. The van der Waals surface area contributed by atoms with E-state index in [1.165, 1.54) is 33.1 Å². The molecule has 1 fully saturated rings. The largest absolute Gasteiger partial charge is 0.371 e. The van der Waals surface area contributed by atoms with Gasteiger partial charge in [-0.15, -0.1) is 0 Å². The molecule has 0 atom stereocenters. The first kappa shape index (κ1) is 19.4. The maximum Gasteiger partial charge on any atom is 0.246 e. The fourth-order valence-electron chi connectivity index (χ4n) is 3.23. The second-order valence-electron chi connectivity index (χ2n) is 6.62. The van der Waals surface area contributed by atoms with Gasteiger partial charge in [-0.1, -0.05) is 11.2 Å². The summed E-state index contributed by atoms with van der Waals surface area (Å²) in [6.07, 6.45) is 3.58. The number of hydrogen-bond acceptors (Lipinski definition) is 6. The van der Waals surface area contributed by atoms with E-state index in [0.717, 1.165) is 18.8 Å². The quantitative estimate of drug-likeness (QED) is 0.781. The number of nitrogens with one attached hydrogen (secondary N) is 2. The molecular weight excluding hydrogens is 368 g/mol. The van der Waals surface area contributed by atoms with E-state index in [1.807, 2.05) is 18.2 Å². The molecule has 9 heteroatoms. The number of amides is 1. The highest BCUT2D eigenvalue weighted by Crippen LogP contribution is 2.23. The first-order valence-corrected chi connectivity index (χ1v) is 10.4. The summed E-state index contributed by atoms with van der Waals surface area (Å²) in [6.45, 7) is 4.70. The van der Waals surface area contributed by atoms with Gasteiger partial charge < -0.3 is 14.7 Å². The van der Waals surface area contributed by atoms with Crippen LogP contribution in [-0.2, 0) is 14.8 Å². The first-order chi connectivity index (χ1) is 12.9. The molecule has 1 aromatic carbocycles. The number of sulfonamides is 1. The second-order valence-corrected chi connectivity index (χ2v) is 8.33. The number of aromatic nitrogens is 1. The van der Waals surface area contributed by atoms with Crippen molar-refractivity contribution in [3.8, 4) is 0 Å². The molecule has 1 aliphatic rings. The van der Waals surface area contributed by atoms with Gasteiger partial charge in [-0.3, -0.25) is 4.79 Å². The Kier molecular flexibility index (Phi) is 5.81. The standard InChI is InChI=1S/C18H24N4O4S/c1-13-18(14(2)26-21-13)27(24,25)19-12-17(23)20-15-7-6-8-16(11-15)22-9-4-3-5-10-22/h6-8,11,19H,3-5,9-10,12H2,1-2H3,(H,20,23). The van der Waals surface area contributed by atoms with Gasteiger partial charge in [-0.2, -0.15) is 0 Å². The number of carbonyl (C=O) groups is 1. The molecule has 146 valence electrons. The molecule has 0 aliphatic carbocycles. The van der Waals surface area contributed by atoms with Crippen LogP contribution in [0.5, 0.6) is 0 Å². The zero-order valence-corrected chi connectivity index (χ0v) is 16.3. The van der Waals surface area contributed by atoms with Gasteiger partial charge in [0, 0.05) is 24.5 Å². The van der Waals surface area contributed by atoms with Crippen molar-refractivity contribution in [3.05, 3.63) is 35.7 Å². The van der Waals surface area contributed by atoms with Gasteiger partial charge >= 0.3 is 0 Å². The molecule has 1 saturated heterocycles. The first-order valence-electron chi connectivity index (χ1n) is 8.94. The highest BCUT2D eigenvalue weighted by Gasteiger charge is 2.24. The molecule has 2 aromatic rings. The van der Waals surface area contributed by atoms with Gasteiger partial charge in [0.15, 0.2) is 5.76 Å². The molecule has 3 rings (SSSR count). The normalized spacial score (nSPS) is 15.0. The van der Waals surface area contributed by atoms with E-state index in [0.29, 0.717) is 5.69 Å². The minimum Gasteiger partial charge on any atom is -0.371 e.